The molecule has 38 heavy (non-hydrogen) atoms. The van der Waals surface area contributed by atoms with Crippen LogP contribution in [-0.4, -0.2) is 98.3 Å². The third-order valence-corrected chi connectivity index (χ3v) is 8.69. The van der Waals surface area contributed by atoms with E-state index in [2.05, 4.69) is 20.8 Å². The highest BCUT2D eigenvalue weighted by Gasteiger charge is 2.57. The Kier molecular flexibility index (Phi) is 9.30. The summed E-state index contributed by atoms with van der Waals surface area (Å²) in [5.74, 6) is -2.22. The van der Waals surface area contributed by atoms with Gasteiger partial charge in [0.05, 0.1) is 0 Å². The van der Waals surface area contributed by atoms with Gasteiger partial charge in [-0.1, -0.05) is 5.16 Å². The summed E-state index contributed by atoms with van der Waals surface area (Å²) < 4.78 is 5.26. The third kappa shape index (κ3) is 6.58. The van der Waals surface area contributed by atoms with E-state index in [0.29, 0.717) is 12.2 Å². The molecule has 13 nitrogen and oxygen atoms in total. The Morgan fingerprint density at radius 3 is 2.74 bits per heavy atom. The van der Waals surface area contributed by atoms with Crippen molar-refractivity contribution in [3.63, 3.8) is 0 Å². The second kappa shape index (κ2) is 11.9. The number of hydrogen-bond donors (Lipinski definition) is 3. The molecule has 3 rings (SSSR count). The number of ether oxygens (including phenoxy) is 1. The molecular weight excluding hydrogens is 558 g/mol. The maximum Gasteiger partial charge on any atom is 0.350 e. The van der Waals surface area contributed by atoms with Crippen molar-refractivity contribution in [2.45, 2.75) is 50.8 Å². The van der Waals surface area contributed by atoms with Crippen LogP contribution in [-0.2, 0) is 33.5 Å². The van der Waals surface area contributed by atoms with Crippen LogP contribution in [0.5, 0.6) is 0 Å². The number of fused-ring (bicyclic) bond motifs is 1. The fraction of sp³-hybridized carbons (Fsp3) is 0.591. The molecular formula is C22H29N5O8S3. The number of thioether (sulfide) groups is 2. The molecule has 3 amide bonds. The van der Waals surface area contributed by atoms with E-state index >= 15 is 0 Å². The average Bonchev–Trinajstić information content (AvgIpc) is 3.29. The second-order valence-electron chi connectivity index (χ2n) is 9.66. The molecule has 3 heterocycles. The van der Waals surface area contributed by atoms with E-state index in [-0.39, 0.29) is 28.8 Å². The summed E-state index contributed by atoms with van der Waals surface area (Å²) in [5, 5.41) is 19.8. The Labute approximate surface area is 231 Å². The molecule has 2 aliphatic rings. The predicted octanol–water partition coefficient (Wildman–Crippen LogP) is 0.996. The van der Waals surface area contributed by atoms with E-state index in [1.807, 2.05) is 6.26 Å². The summed E-state index contributed by atoms with van der Waals surface area (Å²) in [6, 6.07) is -0.909. The van der Waals surface area contributed by atoms with E-state index in [1.165, 1.54) is 40.7 Å². The molecule has 208 valence electrons. The summed E-state index contributed by atoms with van der Waals surface area (Å²) >= 11 is 3.72. The van der Waals surface area contributed by atoms with Gasteiger partial charge < -0.3 is 30.2 Å². The molecule has 0 aromatic carbocycles. The van der Waals surface area contributed by atoms with Crippen LogP contribution in [0.1, 0.15) is 33.4 Å². The maximum absolute atomic E-state index is 13.2. The van der Waals surface area contributed by atoms with Crippen LogP contribution >= 0.6 is 34.9 Å². The van der Waals surface area contributed by atoms with Gasteiger partial charge in [-0.2, -0.15) is 11.8 Å². The van der Waals surface area contributed by atoms with Crippen LogP contribution < -0.4 is 10.6 Å². The lowest BCUT2D eigenvalue weighted by molar-refractivity contribution is -0.167. The molecule has 0 saturated carbocycles. The fourth-order valence-electron chi connectivity index (χ4n) is 3.66. The number of rotatable bonds is 11. The minimum Gasteiger partial charge on any atom is -0.481 e. The number of nitrogens with zero attached hydrogens (tertiary/aromatic N) is 3. The quantitative estimate of drug-likeness (QED) is 0.111. The van der Waals surface area contributed by atoms with Crippen LogP contribution in [0.3, 0.4) is 0 Å². The molecule has 4 atom stereocenters. The minimum absolute atomic E-state index is 0.0519. The Hall–Kier alpha value is -2.85. The Balaban J connectivity index is 1.76. The molecule has 1 aromatic rings. The van der Waals surface area contributed by atoms with Gasteiger partial charge in [0, 0.05) is 23.4 Å². The number of nitrogens with one attached hydrogen (secondary N) is 2. The number of aliphatic carboxylic acids is 1. The Morgan fingerprint density at radius 1 is 1.42 bits per heavy atom. The molecule has 2 fully saturated rings. The third-order valence-electron chi connectivity index (χ3n) is 5.49. The van der Waals surface area contributed by atoms with Crippen LogP contribution in [0.15, 0.2) is 10.5 Å². The molecule has 16 heteroatoms. The van der Waals surface area contributed by atoms with Gasteiger partial charge >= 0.3 is 11.9 Å². The van der Waals surface area contributed by atoms with Crippen molar-refractivity contribution in [2.75, 3.05) is 29.6 Å². The van der Waals surface area contributed by atoms with Gasteiger partial charge in [-0.3, -0.25) is 19.2 Å². The number of thiazole rings is 1. The lowest BCUT2D eigenvalue weighted by Gasteiger charge is -2.53. The largest absolute Gasteiger partial charge is 0.481 e. The monoisotopic (exact) mass is 587 g/mol. The van der Waals surface area contributed by atoms with Gasteiger partial charge in [-0.25, -0.2) is 9.78 Å². The van der Waals surface area contributed by atoms with Crippen molar-refractivity contribution >= 4 is 75.9 Å². The van der Waals surface area contributed by atoms with Gasteiger partial charge in [-0.05, 0) is 34.0 Å². The number of β-lactam (4-membered cyclic amide) rings is 1. The number of carboxylic acids is 1. The predicted molar refractivity (Wildman–Crippen MR) is 143 cm³/mol. The van der Waals surface area contributed by atoms with E-state index in [4.69, 9.17) is 9.57 Å². The number of oxime groups is 1. The van der Waals surface area contributed by atoms with Crippen molar-refractivity contribution in [2.24, 2.45) is 10.6 Å². The van der Waals surface area contributed by atoms with Crippen molar-refractivity contribution in [1.29, 1.82) is 0 Å². The number of amides is 3. The zero-order valence-corrected chi connectivity index (χ0v) is 23.8. The minimum atomic E-state index is -1.15. The highest BCUT2D eigenvalue weighted by molar-refractivity contribution is 8.00. The van der Waals surface area contributed by atoms with Gasteiger partial charge in [0.25, 0.3) is 5.91 Å². The summed E-state index contributed by atoms with van der Waals surface area (Å²) in [6.07, 6.45) is 1.08. The fourth-order valence-corrected chi connectivity index (χ4v) is 6.85. The standard InChI is InChI=1S/C22H29N5O8S3/c1-11(18(31)34-21(2,3)4)35-26-13(12-6-37-20(24-12)23-10-28)15(29)25-14-16(30)27-7-22(8-36-5,19(32)33)9-38-17(14)27/h6,10-11,14,17H,7-9H2,1-5H3,(H,25,29)(H,32,33)(H,23,24,28)/t11?,14?,17-,22?/m1/s1. The van der Waals surface area contributed by atoms with Crippen LogP contribution in [0, 0.1) is 5.41 Å². The highest BCUT2D eigenvalue weighted by atomic mass is 32.2. The molecule has 0 spiro atoms. The lowest BCUT2D eigenvalue weighted by Crippen LogP contribution is -2.74. The first kappa shape index (κ1) is 29.7. The van der Waals surface area contributed by atoms with E-state index in [9.17, 15) is 29.1 Å². The molecule has 3 N–H and O–H groups in total. The smallest absolute Gasteiger partial charge is 0.350 e. The zero-order valence-electron chi connectivity index (χ0n) is 21.4. The topological polar surface area (TPSA) is 177 Å². The van der Waals surface area contributed by atoms with Gasteiger partial charge in [0.1, 0.15) is 28.1 Å². The Morgan fingerprint density at radius 2 is 2.13 bits per heavy atom. The first-order chi connectivity index (χ1) is 17.8. The van der Waals surface area contributed by atoms with E-state index < -0.39 is 52.3 Å². The van der Waals surface area contributed by atoms with E-state index in [0.717, 1.165) is 11.3 Å². The lowest BCUT2D eigenvalue weighted by atomic mass is 9.89. The van der Waals surface area contributed by atoms with Gasteiger partial charge in [-0.15, -0.1) is 23.1 Å². The molecule has 2 saturated heterocycles. The number of carbonyl (C=O) groups excluding carboxylic acids is 4. The van der Waals surface area contributed by atoms with Crippen LogP contribution in [0.2, 0.25) is 0 Å². The first-order valence-electron chi connectivity index (χ1n) is 11.4. The summed E-state index contributed by atoms with van der Waals surface area (Å²) in [7, 11) is 0. The van der Waals surface area contributed by atoms with Gasteiger partial charge in [0.15, 0.2) is 10.8 Å². The highest BCUT2D eigenvalue weighted by Crippen LogP contribution is 2.43. The number of hydrogen-bond acceptors (Lipinski definition) is 12. The molecule has 3 unspecified atom stereocenters. The number of esters is 1. The number of carboxylic acid groups (broad SMARTS) is 1. The SMILES string of the molecule is CSCC1(C(=O)O)CS[C@@H]2C(NC(=O)C(=NOC(C)C(=O)OC(C)(C)C)c3csc(NC=O)n3)C(=O)N2C1. The zero-order chi connectivity index (χ0) is 28.3. The number of aromatic nitrogens is 1. The second-order valence-corrected chi connectivity index (χ2v) is 12.5. The normalized spacial score (nSPS) is 24.0. The van der Waals surface area contributed by atoms with Crippen LogP contribution in [0.4, 0.5) is 5.13 Å². The number of anilines is 1. The molecule has 0 radical (unpaired) electrons. The summed E-state index contributed by atoms with van der Waals surface area (Å²) in [5.41, 5.74) is -2.08. The maximum atomic E-state index is 13.2. The van der Waals surface area contributed by atoms with Crippen molar-refractivity contribution in [1.82, 2.24) is 15.2 Å². The first-order valence-corrected chi connectivity index (χ1v) is 14.7. The van der Waals surface area contributed by atoms with Crippen molar-refractivity contribution in [3.8, 4) is 0 Å². The Bertz CT molecular complexity index is 1140. The molecule has 2 aliphatic heterocycles. The molecule has 1 aromatic heterocycles. The van der Waals surface area contributed by atoms with Crippen molar-refractivity contribution in [3.05, 3.63) is 11.1 Å². The summed E-state index contributed by atoms with van der Waals surface area (Å²) in [6.45, 7) is 6.54. The van der Waals surface area contributed by atoms with Crippen LogP contribution in [0.25, 0.3) is 0 Å². The van der Waals surface area contributed by atoms with Gasteiger partial charge in [0.2, 0.25) is 18.4 Å². The van der Waals surface area contributed by atoms with E-state index in [1.54, 1.807) is 20.8 Å². The average molecular weight is 588 g/mol. The number of carbonyl (C=O) groups is 5. The summed E-state index contributed by atoms with van der Waals surface area (Å²) in [4.78, 5) is 71.9. The molecule has 0 aliphatic carbocycles. The molecule has 0 bridgehead atoms. The van der Waals surface area contributed by atoms with Crippen molar-refractivity contribution < 1.29 is 38.7 Å².